The third-order valence-corrected chi connectivity index (χ3v) is 4.11. The normalized spacial score (nSPS) is 10.6. The van der Waals surface area contributed by atoms with Gasteiger partial charge in [0.25, 0.3) is 0 Å². The summed E-state index contributed by atoms with van der Waals surface area (Å²) >= 11 is 0. The maximum Gasteiger partial charge on any atom is 0.379 e. The maximum absolute atomic E-state index is 12.1. The number of fused-ring (bicyclic) bond motifs is 1. The molecule has 8 nitrogen and oxygen atoms in total. The Morgan fingerprint density at radius 1 is 1.04 bits per heavy atom. The molecule has 0 unspecified atom stereocenters. The summed E-state index contributed by atoms with van der Waals surface area (Å²) in [6, 6.07) is 8.73. The molecule has 8 heteroatoms. The minimum Gasteiger partial charge on any atom is -0.508 e. The number of methoxy groups -OCH3 is 2. The van der Waals surface area contributed by atoms with E-state index >= 15 is 0 Å². The molecule has 0 aliphatic heterocycles. The summed E-state index contributed by atoms with van der Waals surface area (Å²) in [5, 5.41) is 20.4. The number of aromatic hydroxyl groups is 2. The first-order valence-corrected chi connectivity index (χ1v) is 8.32. The number of aryl methyl sites for hydroxylation is 1. The van der Waals surface area contributed by atoms with Gasteiger partial charge in [0.2, 0.25) is 5.75 Å². The summed E-state index contributed by atoms with van der Waals surface area (Å²) < 4.78 is 20.3. The van der Waals surface area contributed by atoms with Crippen molar-refractivity contribution in [1.29, 1.82) is 0 Å². The highest BCUT2D eigenvalue weighted by atomic mass is 16.5. The summed E-state index contributed by atoms with van der Waals surface area (Å²) in [4.78, 5) is 23.4. The Labute approximate surface area is 159 Å². The molecule has 1 heterocycles. The lowest BCUT2D eigenvalue weighted by molar-refractivity contribution is -0.140. The summed E-state index contributed by atoms with van der Waals surface area (Å²) in [6.07, 6.45) is 0.438. The first-order valence-electron chi connectivity index (χ1n) is 8.32. The van der Waals surface area contributed by atoms with E-state index in [1.807, 2.05) is 0 Å². The molecule has 0 amide bonds. The van der Waals surface area contributed by atoms with Gasteiger partial charge in [-0.15, -0.1) is 0 Å². The zero-order valence-electron chi connectivity index (χ0n) is 15.2. The average Bonchev–Trinajstić information content (AvgIpc) is 2.67. The second-order valence-electron chi connectivity index (χ2n) is 5.93. The number of ether oxygens (including phenoxy) is 3. The lowest BCUT2D eigenvalue weighted by atomic mass is 10.1. The van der Waals surface area contributed by atoms with E-state index in [4.69, 9.17) is 13.9 Å². The monoisotopic (exact) mass is 386 g/mol. The number of hydrogen-bond donors (Lipinski definition) is 2. The van der Waals surface area contributed by atoms with Crippen molar-refractivity contribution < 1.29 is 33.6 Å². The Hall–Kier alpha value is -3.68. The van der Waals surface area contributed by atoms with Crippen LogP contribution in [0.5, 0.6) is 28.7 Å². The number of benzene rings is 2. The molecule has 1 aromatic heterocycles. The van der Waals surface area contributed by atoms with Gasteiger partial charge in [-0.3, -0.25) is 4.79 Å². The van der Waals surface area contributed by atoms with E-state index in [1.54, 1.807) is 12.1 Å². The predicted molar refractivity (Wildman–Crippen MR) is 99.2 cm³/mol. The largest absolute Gasteiger partial charge is 0.508 e. The number of phenols is 2. The van der Waals surface area contributed by atoms with Gasteiger partial charge in [0, 0.05) is 23.9 Å². The number of carbonyl (C=O) groups is 1. The SMILES string of the molecule is COC(=O)CCc1ccc(Oc2cc3cc(OC)c(O)cc3oc2=O)cc1O. The van der Waals surface area contributed by atoms with Crippen molar-refractivity contribution >= 4 is 16.9 Å². The van der Waals surface area contributed by atoms with Gasteiger partial charge in [-0.05, 0) is 30.2 Å². The molecule has 0 saturated carbocycles. The van der Waals surface area contributed by atoms with E-state index in [1.165, 1.54) is 38.5 Å². The lowest BCUT2D eigenvalue weighted by Crippen LogP contribution is -2.04. The van der Waals surface area contributed by atoms with E-state index in [0.29, 0.717) is 17.4 Å². The molecule has 0 atom stereocenters. The number of esters is 1. The Morgan fingerprint density at radius 3 is 2.46 bits per heavy atom. The van der Waals surface area contributed by atoms with Gasteiger partial charge in [-0.25, -0.2) is 4.79 Å². The quantitative estimate of drug-likeness (QED) is 0.490. The van der Waals surface area contributed by atoms with Crippen molar-refractivity contribution in [1.82, 2.24) is 0 Å². The third-order valence-electron chi connectivity index (χ3n) is 4.11. The van der Waals surface area contributed by atoms with E-state index in [0.717, 1.165) is 0 Å². The molecular weight excluding hydrogens is 368 g/mol. The van der Waals surface area contributed by atoms with Crippen LogP contribution in [-0.2, 0) is 16.0 Å². The van der Waals surface area contributed by atoms with Crippen LogP contribution in [0.4, 0.5) is 0 Å². The van der Waals surface area contributed by atoms with Crippen LogP contribution < -0.4 is 15.1 Å². The van der Waals surface area contributed by atoms with Gasteiger partial charge >= 0.3 is 11.6 Å². The zero-order chi connectivity index (χ0) is 20.3. The standard InChI is InChI=1S/C20H18O8/c1-25-17-7-12-8-18(20(24)28-16(12)10-15(17)22)27-13-5-3-11(14(21)9-13)4-6-19(23)26-2/h3,5,7-10,21-22H,4,6H2,1-2H3. The molecule has 0 bridgehead atoms. The van der Waals surface area contributed by atoms with Crippen molar-refractivity contribution in [2.24, 2.45) is 0 Å². The average molecular weight is 386 g/mol. The Bertz CT molecular complexity index is 1080. The first-order chi connectivity index (χ1) is 13.4. The van der Waals surface area contributed by atoms with Crippen LogP contribution in [0.15, 0.2) is 45.6 Å². The van der Waals surface area contributed by atoms with Crippen LogP contribution in [0.25, 0.3) is 11.0 Å². The van der Waals surface area contributed by atoms with Crippen LogP contribution in [0.2, 0.25) is 0 Å². The Kier molecular flexibility index (Phi) is 5.39. The molecule has 0 radical (unpaired) electrons. The Balaban J connectivity index is 1.86. The molecule has 0 saturated heterocycles. The predicted octanol–water partition coefficient (Wildman–Crippen LogP) is 3.11. The second-order valence-corrected chi connectivity index (χ2v) is 5.93. The van der Waals surface area contributed by atoms with Crippen LogP contribution in [0.3, 0.4) is 0 Å². The summed E-state index contributed by atoms with van der Waals surface area (Å²) in [6.45, 7) is 0. The smallest absolute Gasteiger partial charge is 0.379 e. The Morgan fingerprint density at radius 2 is 1.79 bits per heavy atom. The van der Waals surface area contributed by atoms with Crippen LogP contribution >= 0.6 is 0 Å². The van der Waals surface area contributed by atoms with Crippen LogP contribution in [0, 0.1) is 0 Å². The van der Waals surface area contributed by atoms with Gasteiger partial charge in [-0.1, -0.05) is 6.07 Å². The first kappa shape index (κ1) is 19.1. The summed E-state index contributed by atoms with van der Waals surface area (Å²) in [5.41, 5.74) is -0.0218. The summed E-state index contributed by atoms with van der Waals surface area (Å²) in [5.74, 6) is -0.258. The van der Waals surface area contributed by atoms with Crippen LogP contribution in [0.1, 0.15) is 12.0 Å². The fourth-order valence-electron chi connectivity index (χ4n) is 2.64. The zero-order valence-corrected chi connectivity index (χ0v) is 15.2. The second kappa shape index (κ2) is 7.91. The minimum atomic E-state index is -0.744. The number of carbonyl (C=O) groups excluding carboxylic acids is 1. The van der Waals surface area contributed by atoms with E-state index in [9.17, 15) is 19.8 Å². The minimum absolute atomic E-state index is 0.0711. The molecule has 2 aromatic carbocycles. The molecule has 0 aliphatic carbocycles. The van der Waals surface area contributed by atoms with Crippen molar-refractivity contribution in [3.8, 4) is 28.7 Å². The van der Waals surface area contributed by atoms with Crippen LogP contribution in [-0.4, -0.2) is 30.4 Å². The fraction of sp³-hybridized carbons (Fsp3) is 0.200. The van der Waals surface area contributed by atoms with E-state index in [-0.39, 0.29) is 46.7 Å². The van der Waals surface area contributed by atoms with Crippen molar-refractivity contribution in [2.75, 3.05) is 14.2 Å². The molecule has 2 N–H and O–H groups in total. The highest BCUT2D eigenvalue weighted by Crippen LogP contribution is 2.33. The molecular formula is C20H18O8. The number of phenolic OH excluding ortho intramolecular Hbond substituents is 2. The van der Waals surface area contributed by atoms with Crippen molar-refractivity contribution in [3.05, 3.63) is 52.4 Å². The molecule has 0 fully saturated rings. The van der Waals surface area contributed by atoms with E-state index < -0.39 is 5.63 Å². The van der Waals surface area contributed by atoms with Gasteiger partial charge in [0.1, 0.15) is 17.1 Å². The number of rotatable bonds is 6. The van der Waals surface area contributed by atoms with Crippen molar-refractivity contribution in [3.63, 3.8) is 0 Å². The lowest BCUT2D eigenvalue weighted by Gasteiger charge is -2.09. The highest BCUT2D eigenvalue weighted by molar-refractivity contribution is 5.81. The topological polar surface area (TPSA) is 115 Å². The highest BCUT2D eigenvalue weighted by Gasteiger charge is 2.13. The molecule has 0 spiro atoms. The maximum atomic E-state index is 12.1. The molecule has 146 valence electrons. The molecule has 28 heavy (non-hydrogen) atoms. The molecule has 3 rings (SSSR count). The van der Waals surface area contributed by atoms with Gasteiger partial charge in [0.05, 0.1) is 14.2 Å². The number of hydrogen-bond acceptors (Lipinski definition) is 8. The molecule has 3 aromatic rings. The fourth-order valence-corrected chi connectivity index (χ4v) is 2.64. The molecule has 0 aliphatic rings. The van der Waals surface area contributed by atoms with Gasteiger partial charge in [-0.2, -0.15) is 0 Å². The van der Waals surface area contributed by atoms with Gasteiger partial charge in [0.15, 0.2) is 11.5 Å². The van der Waals surface area contributed by atoms with Gasteiger partial charge < -0.3 is 28.8 Å². The third kappa shape index (κ3) is 4.01. The summed E-state index contributed by atoms with van der Waals surface area (Å²) in [7, 11) is 2.70. The van der Waals surface area contributed by atoms with E-state index in [2.05, 4.69) is 4.74 Å². The van der Waals surface area contributed by atoms with Crippen molar-refractivity contribution in [2.45, 2.75) is 12.8 Å².